The Hall–Kier alpha value is -3.02. The molecule has 0 heterocycles. The van der Waals surface area contributed by atoms with Gasteiger partial charge in [0.1, 0.15) is 12.4 Å². The Kier molecular flexibility index (Phi) is 7.49. The quantitative estimate of drug-likeness (QED) is 0.735. The van der Waals surface area contributed by atoms with E-state index in [-0.39, 0.29) is 13.0 Å². The minimum atomic E-state index is -0.573. The molecule has 138 valence electrons. The van der Waals surface area contributed by atoms with Gasteiger partial charge in [0.05, 0.1) is 20.6 Å². The first kappa shape index (κ1) is 19.3. The summed E-state index contributed by atoms with van der Waals surface area (Å²) in [6.07, 6.45) is -0.0426. The molecule has 0 fully saturated rings. The molecule has 0 aromatic heterocycles. The largest absolute Gasteiger partial charge is 0.497 e. The minimum Gasteiger partial charge on any atom is -0.497 e. The summed E-state index contributed by atoms with van der Waals surface area (Å²) in [4.78, 5) is 23.7. The molecule has 0 radical (unpaired) electrons. The van der Waals surface area contributed by atoms with Crippen molar-refractivity contribution in [2.24, 2.45) is 0 Å². The van der Waals surface area contributed by atoms with E-state index in [0.717, 1.165) is 16.9 Å². The number of alkyl carbamates (subject to hydrolysis) is 1. The summed E-state index contributed by atoms with van der Waals surface area (Å²) in [5.41, 5.74) is 1.85. The molecule has 0 spiro atoms. The maximum absolute atomic E-state index is 12.1. The zero-order valence-electron chi connectivity index (χ0n) is 14.9. The van der Waals surface area contributed by atoms with Crippen LogP contribution in [0.15, 0.2) is 54.6 Å². The van der Waals surface area contributed by atoms with Crippen molar-refractivity contribution >= 4 is 12.1 Å². The van der Waals surface area contributed by atoms with Crippen LogP contribution < -0.4 is 10.1 Å². The third-order valence-electron chi connectivity index (χ3n) is 3.82. The van der Waals surface area contributed by atoms with Crippen LogP contribution in [0.5, 0.6) is 5.75 Å². The van der Waals surface area contributed by atoms with E-state index in [2.05, 4.69) is 5.32 Å². The molecule has 0 aliphatic heterocycles. The van der Waals surface area contributed by atoms with Gasteiger partial charge in [-0.2, -0.15) is 0 Å². The van der Waals surface area contributed by atoms with Crippen molar-refractivity contribution in [3.63, 3.8) is 0 Å². The van der Waals surface area contributed by atoms with Gasteiger partial charge in [-0.25, -0.2) is 4.79 Å². The van der Waals surface area contributed by atoms with Gasteiger partial charge in [0, 0.05) is 6.04 Å². The number of hydrogen-bond donors (Lipinski definition) is 1. The average Bonchev–Trinajstić information content (AvgIpc) is 2.67. The number of esters is 1. The Balaban J connectivity index is 1.94. The van der Waals surface area contributed by atoms with E-state index in [1.165, 1.54) is 7.11 Å². The summed E-state index contributed by atoms with van der Waals surface area (Å²) in [5.74, 6) is 0.348. The van der Waals surface area contributed by atoms with Crippen LogP contribution >= 0.6 is 0 Å². The normalized spacial score (nSPS) is 11.3. The third kappa shape index (κ3) is 6.47. The fourth-order valence-corrected chi connectivity index (χ4v) is 2.44. The van der Waals surface area contributed by atoms with Gasteiger partial charge in [-0.3, -0.25) is 4.79 Å². The van der Waals surface area contributed by atoms with Gasteiger partial charge in [-0.1, -0.05) is 42.5 Å². The number of hydrogen-bond acceptors (Lipinski definition) is 5. The van der Waals surface area contributed by atoms with Gasteiger partial charge >= 0.3 is 12.1 Å². The number of amides is 1. The molecule has 26 heavy (non-hydrogen) atoms. The predicted octanol–water partition coefficient (Wildman–Crippen LogP) is 3.10. The standard InChI is InChI=1S/C20H23NO5/c1-24-18-10-8-15(9-11-18)12-17(13-19(22)25-2)21-20(23)26-14-16-6-4-3-5-7-16/h3-11,17H,12-14H2,1-2H3,(H,21,23). The van der Waals surface area contributed by atoms with Crippen molar-refractivity contribution in [2.45, 2.75) is 25.5 Å². The molecular formula is C20H23NO5. The van der Waals surface area contributed by atoms with Crippen LogP contribution in [0.2, 0.25) is 0 Å². The van der Waals surface area contributed by atoms with Crippen molar-refractivity contribution in [1.29, 1.82) is 0 Å². The summed E-state index contributed by atoms with van der Waals surface area (Å²) < 4.78 is 15.1. The van der Waals surface area contributed by atoms with Gasteiger partial charge in [0.2, 0.25) is 0 Å². The van der Waals surface area contributed by atoms with E-state index >= 15 is 0 Å². The van der Waals surface area contributed by atoms with E-state index in [1.54, 1.807) is 7.11 Å². The summed E-state index contributed by atoms with van der Waals surface area (Å²) in [7, 11) is 2.92. The van der Waals surface area contributed by atoms with Crippen LogP contribution in [0, 0.1) is 0 Å². The predicted molar refractivity (Wildman–Crippen MR) is 96.9 cm³/mol. The van der Waals surface area contributed by atoms with Crippen LogP contribution in [0.1, 0.15) is 17.5 Å². The molecule has 0 aliphatic carbocycles. The fourth-order valence-electron chi connectivity index (χ4n) is 2.44. The van der Waals surface area contributed by atoms with E-state index in [4.69, 9.17) is 14.2 Å². The highest BCUT2D eigenvalue weighted by Gasteiger charge is 2.18. The molecule has 0 bridgehead atoms. The third-order valence-corrected chi connectivity index (χ3v) is 3.82. The molecule has 1 atom stereocenters. The molecule has 1 amide bonds. The molecule has 6 heteroatoms. The van der Waals surface area contributed by atoms with Crippen LogP contribution in [-0.4, -0.2) is 32.3 Å². The Labute approximate surface area is 153 Å². The Morgan fingerprint density at radius 3 is 2.27 bits per heavy atom. The highest BCUT2D eigenvalue weighted by Crippen LogP contribution is 2.14. The lowest BCUT2D eigenvalue weighted by Crippen LogP contribution is -2.38. The van der Waals surface area contributed by atoms with Gasteiger partial charge in [-0.05, 0) is 29.7 Å². The number of benzene rings is 2. The Bertz CT molecular complexity index is 700. The van der Waals surface area contributed by atoms with Crippen molar-refractivity contribution < 1.29 is 23.8 Å². The van der Waals surface area contributed by atoms with Crippen LogP contribution in [-0.2, 0) is 27.3 Å². The molecule has 2 aromatic rings. The van der Waals surface area contributed by atoms with E-state index in [1.807, 2.05) is 54.6 Å². The van der Waals surface area contributed by atoms with E-state index in [9.17, 15) is 9.59 Å². The number of carbonyl (C=O) groups is 2. The maximum Gasteiger partial charge on any atom is 0.407 e. The van der Waals surface area contributed by atoms with Crippen molar-refractivity contribution in [2.75, 3.05) is 14.2 Å². The number of rotatable bonds is 8. The smallest absolute Gasteiger partial charge is 0.407 e. The lowest BCUT2D eigenvalue weighted by Gasteiger charge is -2.18. The van der Waals surface area contributed by atoms with E-state index in [0.29, 0.717) is 6.42 Å². The second-order valence-electron chi connectivity index (χ2n) is 5.74. The summed E-state index contributed by atoms with van der Waals surface area (Å²) >= 11 is 0. The molecule has 6 nitrogen and oxygen atoms in total. The van der Waals surface area contributed by atoms with Crippen LogP contribution in [0.3, 0.4) is 0 Å². The molecule has 2 aromatic carbocycles. The second kappa shape index (κ2) is 10.1. The van der Waals surface area contributed by atoms with Gasteiger partial charge in [0.15, 0.2) is 0 Å². The fraction of sp³-hybridized carbons (Fsp3) is 0.300. The SMILES string of the molecule is COC(=O)CC(Cc1ccc(OC)cc1)NC(=O)OCc1ccccc1. The van der Waals surface area contributed by atoms with Gasteiger partial charge < -0.3 is 19.5 Å². The maximum atomic E-state index is 12.1. The second-order valence-corrected chi connectivity index (χ2v) is 5.74. The van der Waals surface area contributed by atoms with E-state index < -0.39 is 18.1 Å². The Morgan fingerprint density at radius 2 is 1.65 bits per heavy atom. The molecule has 1 unspecified atom stereocenters. The number of carbonyl (C=O) groups excluding carboxylic acids is 2. The molecule has 2 rings (SSSR count). The van der Waals surface area contributed by atoms with Crippen LogP contribution in [0.25, 0.3) is 0 Å². The van der Waals surface area contributed by atoms with Gasteiger partial charge in [0.25, 0.3) is 0 Å². The zero-order valence-corrected chi connectivity index (χ0v) is 14.9. The van der Waals surface area contributed by atoms with Crippen molar-refractivity contribution in [3.8, 4) is 5.75 Å². The number of nitrogens with one attached hydrogen (secondary N) is 1. The first-order valence-corrected chi connectivity index (χ1v) is 8.27. The highest BCUT2D eigenvalue weighted by atomic mass is 16.5. The summed E-state index contributed by atoms with van der Waals surface area (Å²) in [6, 6.07) is 16.4. The molecule has 0 saturated heterocycles. The molecule has 0 saturated carbocycles. The number of ether oxygens (including phenoxy) is 3. The molecule has 0 aliphatic rings. The lowest BCUT2D eigenvalue weighted by atomic mass is 10.0. The first-order chi connectivity index (χ1) is 12.6. The van der Waals surface area contributed by atoms with Crippen molar-refractivity contribution in [1.82, 2.24) is 5.32 Å². The molecular weight excluding hydrogens is 334 g/mol. The summed E-state index contributed by atoms with van der Waals surface area (Å²) in [5, 5.41) is 2.74. The van der Waals surface area contributed by atoms with Gasteiger partial charge in [-0.15, -0.1) is 0 Å². The topological polar surface area (TPSA) is 73.9 Å². The Morgan fingerprint density at radius 1 is 0.962 bits per heavy atom. The minimum absolute atomic E-state index is 0.0585. The first-order valence-electron chi connectivity index (χ1n) is 8.27. The highest BCUT2D eigenvalue weighted by molar-refractivity contribution is 5.72. The van der Waals surface area contributed by atoms with Crippen molar-refractivity contribution in [3.05, 3.63) is 65.7 Å². The molecule has 1 N–H and O–H groups in total. The number of methoxy groups -OCH3 is 2. The zero-order chi connectivity index (χ0) is 18.8. The average molecular weight is 357 g/mol. The summed E-state index contributed by atoms with van der Waals surface area (Å²) in [6.45, 7) is 0.167. The lowest BCUT2D eigenvalue weighted by molar-refractivity contribution is -0.141. The van der Waals surface area contributed by atoms with Crippen LogP contribution in [0.4, 0.5) is 4.79 Å². The monoisotopic (exact) mass is 357 g/mol.